The fourth-order valence-electron chi connectivity index (χ4n) is 4.60. The molecule has 0 radical (unpaired) electrons. The van der Waals surface area contributed by atoms with E-state index in [1.807, 2.05) is 6.07 Å². The third-order valence-corrected chi connectivity index (χ3v) is 6.33. The molecular formula is C21H19ClF2N6O. The van der Waals surface area contributed by atoms with Crippen LogP contribution in [0.25, 0.3) is 5.69 Å². The Labute approximate surface area is 182 Å². The van der Waals surface area contributed by atoms with Crippen LogP contribution >= 0.6 is 11.6 Å². The molecule has 0 amide bonds. The monoisotopic (exact) mass is 444 g/mol. The molecule has 10 heteroatoms. The lowest BCUT2D eigenvalue weighted by atomic mass is 10.1. The van der Waals surface area contributed by atoms with Crippen molar-refractivity contribution in [3.63, 3.8) is 0 Å². The highest BCUT2D eigenvalue weighted by atomic mass is 35.5. The molecule has 160 valence electrons. The van der Waals surface area contributed by atoms with Gasteiger partial charge in [0.15, 0.2) is 5.82 Å². The molecule has 3 atom stereocenters. The molecule has 5 heterocycles. The van der Waals surface area contributed by atoms with Gasteiger partial charge >= 0.3 is 0 Å². The Kier molecular flexibility index (Phi) is 4.29. The molecule has 2 fully saturated rings. The maximum Gasteiger partial charge on any atom is 0.150 e. The van der Waals surface area contributed by atoms with Gasteiger partial charge in [0.2, 0.25) is 0 Å². The summed E-state index contributed by atoms with van der Waals surface area (Å²) in [5, 5.41) is 11.0. The van der Waals surface area contributed by atoms with E-state index in [0.29, 0.717) is 22.2 Å². The minimum absolute atomic E-state index is 0.131. The number of hydrogen-bond acceptors (Lipinski definition) is 6. The third-order valence-electron chi connectivity index (χ3n) is 6.06. The summed E-state index contributed by atoms with van der Waals surface area (Å²) in [7, 11) is 0. The Bertz CT molecular complexity index is 1140. The summed E-state index contributed by atoms with van der Waals surface area (Å²) in [6.07, 6.45) is 4.84. The van der Waals surface area contributed by atoms with Gasteiger partial charge in [-0.3, -0.25) is 0 Å². The van der Waals surface area contributed by atoms with Crippen molar-refractivity contribution in [2.24, 2.45) is 0 Å². The summed E-state index contributed by atoms with van der Waals surface area (Å²) < 4.78 is 36.6. The van der Waals surface area contributed by atoms with Gasteiger partial charge in [-0.1, -0.05) is 17.7 Å². The predicted molar refractivity (Wildman–Crippen MR) is 113 cm³/mol. The van der Waals surface area contributed by atoms with E-state index < -0.39 is 17.8 Å². The Balaban J connectivity index is 1.44. The summed E-state index contributed by atoms with van der Waals surface area (Å²) in [4.78, 5) is 6.84. The Hall–Kier alpha value is -2.91. The summed E-state index contributed by atoms with van der Waals surface area (Å²) in [6, 6.07) is 5.70. The minimum atomic E-state index is -0.901. The van der Waals surface area contributed by atoms with Crippen molar-refractivity contribution >= 4 is 28.9 Å². The van der Waals surface area contributed by atoms with E-state index >= 15 is 0 Å². The van der Waals surface area contributed by atoms with Crippen molar-refractivity contribution < 1.29 is 13.5 Å². The lowest BCUT2D eigenvalue weighted by Crippen LogP contribution is -2.43. The van der Waals surface area contributed by atoms with E-state index in [9.17, 15) is 8.78 Å². The van der Waals surface area contributed by atoms with E-state index in [1.165, 1.54) is 24.4 Å². The van der Waals surface area contributed by atoms with Crippen LogP contribution in [0.5, 0.6) is 0 Å². The fourth-order valence-corrected chi connectivity index (χ4v) is 4.77. The van der Waals surface area contributed by atoms with E-state index in [4.69, 9.17) is 16.3 Å². The van der Waals surface area contributed by atoms with Crippen LogP contribution in [0.15, 0.2) is 36.7 Å². The van der Waals surface area contributed by atoms with Crippen molar-refractivity contribution in [3.05, 3.63) is 58.9 Å². The van der Waals surface area contributed by atoms with Gasteiger partial charge in [0.05, 0.1) is 41.5 Å². The Morgan fingerprint density at radius 2 is 1.81 bits per heavy atom. The number of nitrogens with one attached hydrogen (secondary N) is 2. The van der Waals surface area contributed by atoms with Gasteiger partial charge in [-0.15, -0.1) is 0 Å². The molecule has 0 spiro atoms. The molecule has 7 nitrogen and oxygen atoms in total. The molecule has 2 aromatic heterocycles. The van der Waals surface area contributed by atoms with Crippen LogP contribution in [0.1, 0.15) is 24.6 Å². The number of aromatic nitrogens is 3. The third kappa shape index (κ3) is 3.11. The topological polar surface area (TPSA) is 67.2 Å². The molecule has 6 rings (SSSR count). The number of morpholine rings is 1. The second-order valence-corrected chi connectivity index (χ2v) is 8.44. The smallest absolute Gasteiger partial charge is 0.150 e. The number of ether oxygens (including phenoxy) is 1. The number of hydrogen-bond donors (Lipinski definition) is 2. The van der Waals surface area contributed by atoms with Crippen LogP contribution in [0.4, 0.5) is 26.1 Å². The molecule has 0 saturated carbocycles. The van der Waals surface area contributed by atoms with Gasteiger partial charge in [0, 0.05) is 19.2 Å². The zero-order valence-electron chi connectivity index (χ0n) is 16.4. The van der Waals surface area contributed by atoms with Crippen LogP contribution in [0, 0.1) is 11.6 Å². The number of benzene rings is 1. The van der Waals surface area contributed by atoms with E-state index in [1.54, 1.807) is 10.9 Å². The molecule has 2 N–H and O–H groups in total. The van der Waals surface area contributed by atoms with Crippen molar-refractivity contribution in [2.45, 2.75) is 31.2 Å². The average molecular weight is 445 g/mol. The predicted octanol–water partition coefficient (Wildman–Crippen LogP) is 4.10. The van der Waals surface area contributed by atoms with Crippen LogP contribution in [0.3, 0.4) is 0 Å². The number of nitrogens with zero attached hydrogens (tertiary/aromatic N) is 4. The molecular weight excluding hydrogens is 426 g/mol. The first kappa shape index (κ1) is 18.8. The minimum Gasteiger partial charge on any atom is -0.371 e. The summed E-state index contributed by atoms with van der Waals surface area (Å²) >= 11 is 6.36. The van der Waals surface area contributed by atoms with Gasteiger partial charge in [0.25, 0.3) is 0 Å². The standard InChI is InChI=1S/C21H19ClF2N6O/c22-13-7-26-30-17-6-18(29-9-11-4-5-12(10-29)31-11)25-8-16(17)27-20(28-21(13)30)19-14(23)2-1-3-15(19)24/h1-3,6-8,11-12,20,27-28H,4-5,9-10H2. The van der Waals surface area contributed by atoms with Crippen molar-refractivity contribution in [3.8, 4) is 5.69 Å². The van der Waals surface area contributed by atoms with Gasteiger partial charge in [-0.2, -0.15) is 5.10 Å². The summed E-state index contributed by atoms with van der Waals surface area (Å²) in [5.74, 6) is -0.0818. The average Bonchev–Trinajstić information content (AvgIpc) is 3.23. The van der Waals surface area contributed by atoms with Crippen LogP contribution < -0.4 is 15.5 Å². The second kappa shape index (κ2) is 7.06. The van der Waals surface area contributed by atoms with Gasteiger partial charge in [-0.05, 0) is 25.0 Å². The molecule has 1 aromatic carbocycles. The number of halogens is 3. The Morgan fingerprint density at radius 3 is 2.55 bits per heavy atom. The SMILES string of the molecule is Fc1cccc(F)c1C1Nc2cnc(N3CC4CCC(C3)O4)cc2-n2ncc(Cl)c2N1. The zero-order valence-corrected chi connectivity index (χ0v) is 17.1. The highest BCUT2D eigenvalue weighted by Gasteiger charge is 2.35. The van der Waals surface area contributed by atoms with Crippen LogP contribution in [-0.2, 0) is 4.74 Å². The van der Waals surface area contributed by atoms with Crippen molar-refractivity contribution in [1.29, 1.82) is 0 Å². The second-order valence-electron chi connectivity index (χ2n) is 8.03. The van der Waals surface area contributed by atoms with Crippen molar-refractivity contribution in [1.82, 2.24) is 14.8 Å². The quantitative estimate of drug-likeness (QED) is 0.620. The summed E-state index contributed by atoms with van der Waals surface area (Å²) in [6.45, 7) is 1.56. The van der Waals surface area contributed by atoms with E-state index in [-0.39, 0.29) is 17.8 Å². The number of pyridine rings is 1. The zero-order chi connectivity index (χ0) is 21.1. The lowest BCUT2D eigenvalue weighted by Gasteiger charge is -2.33. The van der Waals surface area contributed by atoms with Gasteiger partial charge < -0.3 is 20.3 Å². The fraction of sp³-hybridized carbons (Fsp3) is 0.333. The first-order chi connectivity index (χ1) is 15.1. The van der Waals surface area contributed by atoms with E-state index in [0.717, 1.165) is 31.7 Å². The highest BCUT2D eigenvalue weighted by molar-refractivity contribution is 6.33. The van der Waals surface area contributed by atoms with E-state index in [2.05, 4.69) is 25.6 Å². The largest absolute Gasteiger partial charge is 0.371 e. The molecule has 3 aliphatic rings. The number of fused-ring (bicyclic) bond motifs is 5. The molecule has 2 saturated heterocycles. The van der Waals surface area contributed by atoms with Crippen LogP contribution in [0.2, 0.25) is 5.02 Å². The van der Waals surface area contributed by atoms with Crippen LogP contribution in [-0.4, -0.2) is 40.1 Å². The molecule has 2 bridgehead atoms. The first-order valence-corrected chi connectivity index (χ1v) is 10.6. The lowest BCUT2D eigenvalue weighted by molar-refractivity contribution is 0.0302. The maximum atomic E-state index is 14.5. The molecule has 3 unspecified atom stereocenters. The summed E-state index contributed by atoms with van der Waals surface area (Å²) in [5.41, 5.74) is 1.14. The highest BCUT2D eigenvalue weighted by Crippen LogP contribution is 2.38. The molecule has 0 aliphatic carbocycles. The maximum absolute atomic E-state index is 14.5. The Morgan fingerprint density at radius 1 is 1.06 bits per heavy atom. The molecule has 31 heavy (non-hydrogen) atoms. The number of anilines is 3. The van der Waals surface area contributed by atoms with Gasteiger partial charge in [0.1, 0.15) is 28.6 Å². The molecule has 3 aliphatic heterocycles. The normalized spacial score (nSPS) is 24.1. The molecule has 3 aromatic rings. The number of rotatable bonds is 2. The van der Waals surface area contributed by atoms with Crippen molar-refractivity contribution in [2.75, 3.05) is 28.6 Å². The first-order valence-electron chi connectivity index (χ1n) is 10.2. The van der Waals surface area contributed by atoms with Gasteiger partial charge in [-0.25, -0.2) is 18.4 Å².